The molecular formula is C13H18N4O5S. The molecule has 1 aromatic carbocycles. The van der Waals surface area contributed by atoms with Gasteiger partial charge in [0.2, 0.25) is 5.91 Å². The molecule has 1 fully saturated rings. The van der Waals surface area contributed by atoms with Gasteiger partial charge in [0.25, 0.3) is 5.69 Å². The van der Waals surface area contributed by atoms with Crippen LogP contribution in [0.15, 0.2) is 23.1 Å². The van der Waals surface area contributed by atoms with Crippen molar-refractivity contribution in [2.75, 3.05) is 24.7 Å². The molecule has 0 unspecified atom stereocenters. The van der Waals surface area contributed by atoms with Crippen LogP contribution in [0.1, 0.15) is 12.8 Å². The molecule has 4 N–H and O–H groups in total. The van der Waals surface area contributed by atoms with Crippen molar-refractivity contribution in [3.8, 4) is 0 Å². The molecule has 0 atom stereocenters. The van der Waals surface area contributed by atoms with E-state index in [0.29, 0.717) is 12.8 Å². The quantitative estimate of drug-likeness (QED) is 0.360. The van der Waals surface area contributed by atoms with Gasteiger partial charge in [0, 0.05) is 25.4 Å². The number of benzene rings is 1. The number of anilines is 1. The topological polar surface area (TPSA) is 144 Å². The van der Waals surface area contributed by atoms with E-state index in [1.54, 1.807) is 0 Å². The van der Waals surface area contributed by atoms with Gasteiger partial charge in [-0.2, -0.15) is 0 Å². The molecule has 0 aromatic heterocycles. The number of nitrogens with zero attached hydrogens (tertiary/aromatic N) is 1. The van der Waals surface area contributed by atoms with Gasteiger partial charge >= 0.3 is 0 Å². The summed E-state index contributed by atoms with van der Waals surface area (Å²) in [6.07, 6.45) is 2.30. The van der Waals surface area contributed by atoms with E-state index >= 15 is 0 Å². The summed E-state index contributed by atoms with van der Waals surface area (Å²) in [5.41, 5.74) is 4.81. The van der Waals surface area contributed by atoms with Gasteiger partial charge in [0.05, 0.1) is 15.4 Å². The highest BCUT2D eigenvalue weighted by Crippen LogP contribution is 2.32. The third kappa shape index (κ3) is 4.17. The highest BCUT2D eigenvalue weighted by molar-refractivity contribution is 7.90. The predicted molar refractivity (Wildman–Crippen MR) is 83.9 cm³/mol. The number of carbonyl (C=O) groups is 1. The zero-order valence-electron chi connectivity index (χ0n) is 12.5. The molecule has 0 bridgehead atoms. The number of amides is 1. The average Bonchev–Trinajstić information content (AvgIpc) is 3.21. The van der Waals surface area contributed by atoms with Crippen LogP contribution in [0.2, 0.25) is 0 Å². The van der Waals surface area contributed by atoms with Crippen molar-refractivity contribution in [1.29, 1.82) is 0 Å². The van der Waals surface area contributed by atoms with Crippen molar-refractivity contribution in [3.05, 3.63) is 28.3 Å². The van der Waals surface area contributed by atoms with E-state index in [1.165, 1.54) is 12.1 Å². The SMILES string of the molecule is CS(=O)(=O)c1ccc(NCCNC(=O)C2(N)CC2)c([N+](=O)[O-])c1. The van der Waals surface area contributed by atoms with E-state index in [4.69, 9.17) is 5.73 Å². The number of hydrogen-bond donors (Lipinski definition) is 3. The third-order valence-corrected chi connectivity index (χ3v) is 4.67. The van der Waals surface area contributed by atoms with Crippen LogP contribution in [-0.4, -0.2) is 44.1 Å². The summed E-state index contributed by atoms with van der Waals surface area (Å²) in [5, 5.41) is 16.5. The minimum Gasteiger partial charge on any atom is -0.378 e. The van der Waals surface area contributed by atoms with E-state index in [9.17, 15) is 23.3 Å². The smallest absolute Gasteiger partial charge is 0.293 e. The number of nitrogens with two attached hydrogens (primary N) is 1. The molecule has 0 aliphatic heterocycles. The fourth-order valence-electron chi connectivity index (χ4n) is 1.95. The maximum atomic E-state index is 11.6. The molecule has 23 heavy (non-hydrogen) atoms. The Morgan fingerprint density at radius 1 is 1.39 bits per heavy atom. The van der Waals surface area contributed by atoms with Crippen LogP contribution in [0, 0.1) is 10.1 Å². The Morgan fingerprint density at radius 3 is 2.57 bits per heavy atom. The van der Waals surface area contributed by atoms with Crippen LogP contribution in [-0.2, 0) is 14.6 Å². The van der Waals surface area contributed by atoms with Gasteiger partial charge in [0.15, 0.2) is 9.84 Å². The standard InChI is InChI=1S/C13H18N4O5S/c1-23(21,22)9-2-3-10(11(8-9)17(19)20)15-6-7-16-12(18)13(14)4-5-13/h2-3,8,15H,4-7,14H2,1H3,(H,16,18). The second-order valence-corrected chi connectivity index (χ2v) is 7.56. The van der Waals surface area contributed by atoms with Crippen molar-refractivity contribution in [2.24, 2.45) is 5.73 Å². The maximum Gasteiger partial charge on any atom is 0.293 e. The van der Waals surface area contributed by atoms with Crippen LogP contribution in [0.4, 0.5) is 11.4 Å². The van der Waals surface area contributed by atoms with Crippen LogP contribution < -0.4 is 16.4 Å². The molecule has 1 amide bonds. The first-order valence-electron chi connectivity index (χ1n) is 6.93. The molecule has 126 valence electrons. The number of nitro benzene ring substituents is 1. The van der Waals surface area contributed by atoms with Crippen LogP contribution in [0.25, 0.3) is 0 Å². The van der Waals surface area contributed by atoms with Crippen LogP contribution in [0.5, 0.6) is 0 Å². The molecule has 0 saturated heterocycles. The Kier molecular flexibility index (Phi) is 4.57. The van der Waals surface area contributed by atoms with E-state index < -0.39 is 20.3 Å². The number of carbonyl (C=O) groups excluding carboxylic acids is 1. The molecule has 1 saturated carbocycles. The Morgan fingerprint density at radius 2 is 2.04 bits per heavy atom. The second kappa shape index (κ2) is 6.13. The first-order chi connectivity index (χ1) is 10.6. The second-order valence-electron chi connectivity index (χ2n) is 5.55. The fraction of sp³-hybridized carbons (Fsp3) is 0.462. The Hall–Kier alpha value is -2.20. The summed E-state index contributed by atoms with van der Waals surface area (Å²) in [6, 6.07) is 3.64. The lowest BCUT2D eigenvalue weighted by molar-refractivity contribution is -0.384. The van der Waals surface area contributed by atoms with Crippen molar-refractivity contribution in [1.82, 2.24) is 5.32 Å². The zero-order valence-corrected chi connectivity index (χ0v) is 13.4. The first kappa shape index (κ1) is 17.2. The van der Waals surface area contributed by atoms with Gasteiger partial charge < -0.3 is 16.4 Å². The summed E-state index contributed by atoms with van der Waals surface area (Å²) in [6.45, 7) is 0.504. The largest absolute Gasteiger partial charge is 0.378 e. The van der Waals surface area contributed by atoms with Gasteiger partial charge in [-0.1, -0.05) is 0 Å². The highest BCUT2D eigenvalue weighted by atomic mass is 32.2. The van der Waals surface area contributed by atoms with Gasteiger partial charge in [-0.25, -0.2) is 8.42 Å². The minimum absolute atomic E-state index is 0.123. The fourth-order valence-corrected chi connectivity index (χ4v) is 2.59. The molecule has 9 nitrogen and oxygen atoms in total. The Bertz CT molecular complexity index is 743. The number of nitrogens with one attached hydrogen (secondary N) is 2. The normalized spacial score (nSPS) is 15.7. The number of sulfone groups is 1. The highest BCUT2D eigenvalue weighted by Gasteiger charge is 2.45. The van der Waals surface area contributed by atoms with Crippen molar-refractivity contribution >= 4 is 27.1 Å². The summed E-state index contributed by atoms with van der Waals surface area (Å²) in [4.78, 5) is 21.9. The lowest BCUT2D eigenvalue weighted by Gasteiger charge is -2.11. The molecule has 1 aromatic rings. The van der Waals surface area contributed by atoms with Crippen molar-refractivity contribution in [3.63, 3.8) is 0 Å². The van der Waals surface area contributed by atoms with Gasteiger partial charge in [-0.15, -0.1) is 0 Å². The van der Waals surface area contributed by atoms with E-state index in [0.717, 1.165) is 12.3 Å². The van der Waals surface area contributed by atoms with Gasteiger partial charge in [-0.3, -0.25) is 14.9 Å². The summed E-state index contributed by atoms with van der Waals surface area (Å²) in [5.74, 6) is -0.235. The summed E-state index contributed by atoms with van der Waals surface area (Å²) in [7, 11) is -3.52. The first-order valence-corrected chi connectivity index (χ1v) is 8.82. The van der Waals surface area contributed by atoms with Gasteiger partial charge in [-0.05, 0) is 25.0 Å². The van der Waals surface area contributed by atoms with Crippen LogP contribution in [0.3, 0.4) is 0 Å². The third-order valence-electron chi connectivity index (χ3n) is 3.56. The summed E-state index contributed by atoms with van der Waals surface area (Å²) >= 11 is 0. The molecular weight excluding hydrogens is 324 g/mol. The maximum absolute atomic E-state index is 11.6. The molecule has 0 spiro atoms. The monoisotopic (exact) mass is 342 g/mol. The molecule has 1 aliphatic carbocycles. The molecule has 10 heteroatoms. The zero-order chi connectivity index (χ0) is 17.3. The number of nitro groups is 1. The van der Waals surface area contributed by atoms with E-state index in [-0.39, 0.29) is 35.3 Å². The van der Waals surface area contributed by atoms with Gasteiger partial charge in [0.1, 0.15) is 5.69 Å². The lowest BCUT2D eigenvalue weighted by atomic mass is 10.2. The molecule has 0 heterocycles. The van der Waals surface area contributed by atoms with Crippen molar-refractivity contribution < 1.29 is 18.1 Å². The summed E-state index contributed by atoms with van der Waals surface area (Å²) < 4.78 is 22.9. The average molecular weight is 342 g/mol. The van der Waals surface area contributed by atoms with Crippen molar-refractivity contribution in [2.45, 2.75) is 23.3 Å². The molecule has 2 rings (SSSR count). The molecule has 0 radical (unpaired) electrons. The predicted octanol–water partition coefficient (Wildman–Crippen LogP) is 0.0177. The van der Waals surface area contributed by atoms with E-state index in [1.807, 2.05) is 0 Å². The number of rotatable bonds is 7. The Balaban J connectivity index is 1.99. The minimum atomic E-state index is -3.52. The molecule has 1 aliphatic rings. The lowest BCUT2D eigenvalue weighted by Crippen LogP contribution is -2.44. The van der Waals surface area contributed by atoms with E-state index in [2.05, 4.69) is 10.6 Å². The Labute approximate surface area is 133 Å². The number of hydrogen-bond acceptors (Lipinski definition) is 7. The van der Waals surface area contributed by atoms with Crippen LogP contribution >= 0.6 is 0 Å².